The van der Waals surface area contributed by atoms with E-state index in [2.05, 4.69) is 46.3 Å². The first-order chi connectivity index (χ1) is 16.5. The van der Waals surface area contributed by atoms with Crippen LogP contribution in [-0.2, 0) is 6.42 Å². The first-order valence-electron chi connectivity index (χ1n) is 12.4. The minimum Gasteiger partial charge on any atom is -0.496 e. The molecule has 0 amide bonds. The summed E-state index contributed by atoms with van der Waals surface area (Å²) in [6, 6.07) is 10.0. The van der Waals surface area contributed by atoms with E-state index in [4.69, 9.17) is 4.74 Å². The van der Waals surface area contributed by atoms with Crippen LogP contribution in [0.4, 0.5) is 14.5 Å². The van der Waals surface area contributed by atoms with Crippen molar-refractivity contribution >= 4 is 16.6 Å². The number of aromatic amines is 1. The average molecular weight is 469 g/mol. The first-order valence-corrected chi connectivity index (χ1v) is 12.4. The molecule has 1 unspecified atom stereocenters. The molecule has 1 saturated heterocycles. The van der Waals surface area contributed by atoms with Gasteiger partial charge in [-0.1, -0.05) is 25.5 Å². The summed E-state index contributed by atoms with van der Waals surface area (Å²) in [5.41, 5.74) is 5.30. The number of nitrogens with zero attached hydrogens (tertiary/aromatic N) is 3. The quantitative estimate of drug-likeness (QED) is 0.497. The number of H-pyrrole nitrogens is 1. The van der Waals surface area contributed by atoms with Crippen LogP contribution < -0.4 is 9.64 Å². The number of nitrogens with one attached hydrogen (secondary N) is 1. The van der Waals surface area contributed by atoms with Gasteiger partial charge < -0.3 is 9.64 Å². The first kappa shape index (κ1) is 23.1. The third-order valence-electron chi connectivity index (χ3n) is 7.88. The van der Waals surface area contributed by atoms with Crippen molar-refractivity contribution in [1.82, 2.24) is 15.1 Å². The van der Waals surface area contributed by atoms with E-state index in [0.717, 1.165) is 52.5 Å². The van der Waals surface area contributed by atoms with E-state index < -0.39 is 6.43 Å². The maximum Gasteiger partial charge on any atom is 0.251 e. The molecule has 0 radical (unpaired) electrons. The number of piperidine rings is 1. The summed E-state index contributed by atoms with van der Waals surface area (Å²) in [7, 11) is 1.68. The normalized spacial score (nSPS) is 21.9. The molecule has 2 atom stereocenters. The third kappa shape index (κ3) is 4.15. The van der Waals surface area contributed by atoms with Crippen molar-refractivity contribution in [3.63, 3.8) is 0 Å². The zero-order valence-corrected chi connectivity index (χ0v) is 20.2. The Morgan fingerprint density at radius 2 is 1.91 bits per heavy atom. The summed E-state index contributed by atoms with van der Waals surface area (Å²) in [6.45, 7) is 6.12. The number of aromatic nitrogens is 2. The number of fused-ring (bicyclic) bond motifs is 3. The standard InChI is InChI=1S/C27H34F2N4O/c1-4-18-9-11-32(12-10-18)19-5-6-21(25(14-19)34-3)27-20-7-8-24-23(15-30-31-24)22(20)13-17(2)33(27)16-26(28)29/h5-8,14-15,17-18,26-27H,4,9-13,16H2,1-3H3,(H,30,31)/t17-,27?/m1/s1. The number of rotatable bonds is 6. The fraction of sp³-hybridized carbons (Fsp3) is 0.519. The average Bonchev–Trinajstić information content (AvgIpc) is 3.34. The second-order valence-electron chi connectivity index (χ2n) is 9.77. The van der Waals surface area contributed by atoms with E-state index in [1.807, 2.05) is 24.1 Å². The number of benzene rings is 2. The summed E-state index contributed by atoms with van der Waals surface area (Å²) < 4.78 is 33.3. The molecule has 2 aliphatic heterocycles. The lowest BCUT2D eigenvalue weighted by Crippen LogP contribution is -2.45. The van der Waals surface area contributed by atoms with Gasteiger partial charge in [-0.25, -0.2) is 8.78 Å². The minimum absolute atomic E-state index is 0.0375. The van der Waals surface area contributed by atoms with Gasteiger partial charge in [0.15, 0.2) is 0 Å². The summed E-state index contributed by atoms with van der Waals surface area (Å²) >= 11 is 0. The lowest BCUT2D eigenvalue weighted by Gasteiger charge is -2.43. The van der Waals surface area contributed by atoms with Gasteiger partial charge >= 0.3 is 0 Å². The predicted octanol–water partition coefficient (Wildman–Crippen LogP) is 5.80. The lowest BCUT2D eigenvalue weighted by atomic mass is 9.83. The molecule has 1 fully saturated rings. The molecule has 34 heavy (non-hydrogen) atoms. The summed E-state index contributed by atoms with van der Waals surface area (Å²) in [5.74, 6) is 1.56. The van der Waals surface area contributed by atoms with Gasteiger partial charge in [0.1, 0.15) is 5.75 Å². The highest BCUT2D eigenvalue weighted by Crippen LogP contribution is 2.44. The lowest BCUT2D eigenvalue weighted by molar-refractivity contribution is 0.0460. The molecule has 1 aromatic heterocycles. The molecular weight excluding hydrogens is 434 g/mol. The number of alkyl halides is 2. The summed E-state index contributed by atoms with van der Waals surface area (Å²) in [4.78, 5) is 4.35. The molecule has 0 aliphatic carbocycles. The number of methoxy groups -OCH3 is 1. The van der Waals surface area contributed by atoms with Crippen LogP contribution in [-0.4, -0.2) is 54.3 Å². The highest BCUT2D eigenvalue weighted by atomic mass is 19.3. The van der Waals surface area contributed by atoms with Gasteiger partial charge in [0.25, 0.3) is 6.43 Å². The molecule has 2 aliphatic rings. The van der Waals surface area contributed by atoms with Gasteiger partial charge in [0.05, 0.1) is 31.4 Å². The molecule has 2 aromatic carbocycles. The van der Waals surface area contributed by atoms with Crippen LogP contribution in [0.3, 0.4) is 0 Å². The van der Waals surface area contributed by atoms with Crippen LogP contribution >= 0.6 is 0 Å². The highest BCUT2D eigenvalue weighted by molar-refractivity contribution is 5.83. The zero-order chi connectivity index (χ0) is 23.8. The Kier molecular flexibility index (Phi) is 6.47. The van der Waals surface area contributed by atoms with Crippen molar-refractivity contribution in [2.24, 2.45) is 5.92 Å². The highest BCUT2D eigenvalue weighted by Gasteiger charge is 2.37. The van der Waals surface area contributed by atoms with Crippen LogP contribution in [0.1, 0.15) is 55.8 Å². The monoisotopic (exact) mass is 468 g/mol. The number of halogens is 2. The molecular formula is C27H34F2N4O. The van der Waals surface area contributed by atoms with E-state index in [1.165, 1.54) is 24.8 Å². The Bertz CT molecular complexity index is 1140. The van der Waals surface area contributed by atoms with Crippen molar-refractivity contribution in [2.45, 2.75) is 58.0 Å². The molecule has 182 valence electrons. The van der Waals surface area contributed by atoms with Gasteiger partial charge in [0, 0.05) is 41.8 Å². The van der Waals surface area contributed by atoms with Crippen molar-refractivity contribution in [1.29, 1.82) is 0 Å². The SMILES string of the molecule is CCC1CCN(c2ccc(C3c4ccc5[nH]ncc5c4C[C@@H](C)N3CC(F)F)c(OC)c2)CC1. The van der Waals surface area contributed by atoms with E-state index in [-0.39, 0.29) is 18.6 Å². The Morgan fingerprint density at radius 3 is 2.62 bits per heavy atom. The number of hydrogen-bond donors (Lipinski definition) is 1. The Morgan fingerprint density at radius 1 is 1.15 bits per heavy atom. The summed E-state index contributed by atoms with van der Waals surface area (Å²) in [6.07, 6.45) is 3.80. The summed E-state index contributed by atoms with van der Waals surface area (Å²) in [5, 5.41) is 8.33. The smallest absolute Gasteiger partial charge is 0.251 e. The molecule has 1 N–H and O–H groups in total. The fourth-order valence-electron chi connectivity index (χ4n) is 5.94. The van der Waals surface area contributed by atoms with Gasteiger partial charge in [0.2, 0.25) is 0 Å². The van der Waals surface area contributed by atoms with E-state index in [9.17, 15) is 8.78 Å². The van der Waals surface area contributed by atoms with Gasteiger partial charge in [-0.15, -0.1) is 0 Å². The van der Waals surface area contributed by atoms with Gasteiger partial charge in [-0.3, -0.25) is 10.00 Å². The van der Waals surface area contributed by atoms with Crippen LogP contribution in [0.2, 0.25) is 0 Å². The number of hydrogen-bond acceptors (Lipinski definition) is 4. The second kappa shape index (κ2) is 9.53. The van der Waals surface area contributed by atoms with Gasteiger partial charge in [-0.2, -0.15) is 5.10 Å². The zero-order valence-electron chi connectivity index (χ0n) is 20.2. The third-order valence-corrected chi connectivity index (χ3v) is 7.88. The molecule has 5 nitrogen and oxygen atoms in total. The maximum atomic E-state index is 13.7. The molecule has 3 aromatic rings. The molecule has 0 saturated carbocycles. The molecule has 7 heteroatoms. The predicted molar refractivity (Wildman–Crippen MR) is 132 cm³/mol. The van der Waals surface area contributed by atoms with Crippen LogP contribution in [0.25, 0.3) is 10.9 Å². The van der Waals surface area contributed by atoms with Gasteiger partial charge in [-0.05, 0) is 55.4 Å². The van der Waals surface area contributed by atoms with E-state index in [1.54, 1.807) is 7.11 Å². The van der Waals surface area contributed by atoms with Crippen LogP contribution in [0.15, 0.2) is 36.5 Å². The number of ether oxygens (including phenoxy) is 1. The molecule has 5 rings (SSSR count). The van der Waals surface area contributed by atoms with Crippen molar-refractivity contribution in [2.75, 3.05) is 31.6 Å². The minimum atomic E-state index is -2.41. The Balaban J connectivity index is 1.57. The Labute approximate surface area is 200 Å². The topological polar surface area (TPSA) is 44.4 Å². The van der Waals surface area contributed by atoms with Crippen molar-refractivity contribution in [3.05, 3.63) is 53.2 Å². The molecule has 0 bridgehead atoms. The Hall–Kier alpha value is -2.67. The maximum absolute atomic E-state index is 13.7. The second-order valence-corrected chi connectivity index (χ2v) is 9.77. The van der Waals surface area contributed by atoms with Crippen LogP contribution in [0.5, 0.6) is 5.75 Å². The van der Waals surface area contributed by atoms with Crippen LogP contribution in [0, 0.1) is 5.92 Å². The molecule has 0 spiro atoms. The molecule has 3 heterocycles. The van der Waals surface area contributed by atoms with Crippen molar-refractivity contribution in [3.8, 4) is 5.75 Å². The van der Waals surface area contributed by atoms with Crippen molar-refractivity contribution < 1.29 is 13.5 Å². The number of anilines is 1. The largest absolute Gasteiger partial charge is 0.496 e. The van der Waals surface area contributed by atoms with E-state index in [0.29, 0.717) is 6.42 Å². The van der Waals surface area contributed by atoms with E-state index >= 15 is 0 Å². The fourth-order valence-corrected chi connectivity index (χ4v) is 5.94.